The summed E-state index contributed by atoms with van der Waals surface area (Å²) in [4.78, 5) is 12.3. The number of hydrogen-bond donors (Lipinski definition) is 2. The van der Waals surface area contributed by atoms with Gasteiger partial charge in [0.2, 0.25) is 5.91 Å². The fourth-order valence-corrected chi connectivity index (χ4v) is 2.81. The summed E-state index contributed by atoms with van der Waals surface area (Å²) in [6.45, 7) is 0.878. The molecule has 0 bridgehead atoms. The highest BCUT2D eigenvalue weighted by molar-refractivity contribution is 9.10. The normalized spacial score (nSPS) is 13.4. The zero-order chi connectivity index (χ0) is 13.8. The molecule has 0 aromatic carbocycles. The summed E-state index contributed by atoms with van der Waals surface area (Å²) < 4.78 is 37.3. The highest BCUT2D eigenvalue weighted by Crippen LogP contribution is 2.26. The molecule has 1 heterocycles. The molecule has 1 atom stereocenters. The first-order valence-electron chi connectivity index (χ1n) is 5.15. The van der Waals surface area contributed by atoms with Crippen molar-refractivity contribution in [2.75, 3.05) is 13.1 Å². The van der Waals surface area contributed by atoms with Crippen molar-refractivity contribution in [3.63, 3.8) is 0 Å². The van der Waals surface area contributed by atoms with Gasteiger partial charge in [0.15, 0.2) is 0 Å². The van der Waals surface area contributed by atoms with E-state index in [0.29, 0.717) is 11.4 Å². The predicted octanol–water partition coefficient (Wildman–Crippen LogP) is 2.84. The van der Waals surface area contributed by atoms with Crippen molar-refractivity contribution >= 4 is 33.2 Å². The van der Waals surface area contributed by atoms with Crippen molar-refractivity contribution < 1.29 is 18.0 Å². The average Bonchev–Trinajstić information content (AvgIpc) is 2.64. The number of hydrogen-bond acceptors (Lipinski definition) is 3. The van der Waals surface area contributed by atoms with E-state index in [9.17, 15) is 18.0 Å². The first-order valence-corrected chi connectivity index (χ1v) is 6.82. The number of thiophene rings is 1. The van der Waals surface area contributed by atoms with Gasteiger partial charge in [-0.15, -0.1) is 11.3 Å². The van der Waals surface area contributed by atoms with Gasteiger partial charge in [-0.3, -0.25) is 10.1 Å². The zero-order valence-electron chi connectivity index (χ0n) is 9.47. The van der Waals surface area contributed by atoms with Gasteiger partial charge < -0.3 is 5.32 Å². The van der Waals surface area contributed by atoms with E-state index in [1.807, 2.05) is 0 Å². The summed E-state index contributed by atoms with van der Waals surface area (Å²) in [5, 5.41) is 6.46. The molecule has 3 nitrogen and oxygen atoms in total. The highest BCUT2D eigenvalue weighted by Gasteiger charge is 2.31. The largest absolute Gasteiger partial charge is 0.401 e. The number of amides is 1. The summed E-state index contributed by atoms with van der Waals surface area (Å²) >= 11 is 4.43. The predicted molar refractivity (Wildman–Crippen MR) is 67.5 cm³/mol. The number of carbonyl (C=O) groups excluding carboxylic acids is 1. The molecule has 0 saturated carbocycles. The molecule has 1 aromatic rings. The Labute approximate surface area is 115 Å². The molecule has 8 heteroatoms. The van der Waals surface area contributed by atoms with Crippen molar-refractivity contribution in [3.8, 4) is 0 Å². The maximum atomic E-state index is 12.2. The monoisotopic (exact) mass is 344 g/mol. The Morgan fingerprint density at radius 3 is 2.67 bits per heavy atom. The number of alkyl halides is 3. The molecule has 102 valence electrons. The van der Waals surface area contributed by atoms with Crippen LogP contribution in [0.5, 0.6) is 0 Å². The van der Waals surface area contributed by atoms with Crippen LogP contribution in [0.2, 0.25) is 0 Å². The molecule has 1 aromatic heterocycles. The lowest BCUT2D eigenvalue weighted by molar-refractivity contribution is -0.132. The van der Waals surface area contributed by atoms with Crippen LogP contribution in [0.1, 0.15) is 17.8 Å². The lowest BCUT2D eigenvalue weighted by Crippen LogP contribution is -2.40. The first kappa shape index (κ1) is 15.5. The van der Waals surface area contributed by atoms with Crippen molar-refractivity contribution in [1.82, 2.24) is 10.6 Å². The standard InChI is InChI=1S/C10H12BrF3N2OS/c1-2-15-9(17)8(16-5-10(12,13)14)7-3-6(11)4-18-7/h3-4,8,16H,2,5H2,1H3,(H,15,17). The molecule has 0 aliphatic heterocycles. The molecular formula is C10H12BrF3N2OS. The molecule has 0 aliphatic carbocycles. The Hall–Kier alpha value is -0.600. The molecule has 1 amide bonds. The van der Waals surface area contributed by atoms with E-state index in [1.165, 1.54) is 11.3 Å². The average molecular weight is 345 g/mol. The van der Waals surface area contributed by atoms with Crippen molar-refractivity contribution in [1.29, 1.82) is 0 Å². The smallest absolute Gasteiger partial charge is 0.355 e. The summed E-state index contributed by atoms with van der Waals surface area (Å²) in [6, 6.07) is 0.649. The van der Waals surface area contributed by atoms with Crippen LogP contribution in [0.25, 0.3) is 0 Å². The van der Waals surface area contributed by atoms with E-state index in [4.69, 9.17) is 0 Å². The van der Waals surface area contributed by atoms with E-state index in [2.05, 4.69) is 26.6 Å². The van der Waals surface area contributed by atoms with Gasteiger partial charge >= 0.3 is 6.18 Å². The maximum Gasteiger partial charge on any atom is 0.401 e. The number of carbonyl (C=O) groups is 1. The van der Waals surface area contributed by atoms with Crippen LogP contribution in [0.3, 0.4) is 0 Å². The molecule has 1 rings (SSSR count). The summed E-state index contributed by atoms with van der Waals surface area (Å²) in [5.41, 5.74) is 0. The minimum Gasteiger partial charge on any atom is -0.355 e. The van der Waals surface area contributed by atoms with E-state index >= 15 is 0 Å². The van der Waals surface area contributed by atoms with E-state index in [-0.39, 0.29) is 0 Å². The second kappa shape index (κ2) is 6.53. The third kappa shape index (κ3) is 4.95. The van der Waals surface area contributed by atoms with Crippen molar-refractivity contribution in [2.45, 2.75) is 19.1 Å². The number of halogens is 4. The Morgan fingerprint density at radius 1 is 1.56 bits per heavy atom. The van der Waals surface area contributed by atoms with Crippen molar-refractivity contribution in [3.05, 3.63) is 20.8 Å². The molecular weight excluding hydrogens is 333 g/mol. The van der Waals surface area contributed by atoms with Crippen LogP contribution in [0.15, 0.2) is 15.9 Å². The van der Waals surface area contributed by atoms with Crippen LogP contribution in [0, 0.1) is 0 Å². The van der Waals surface area contributed by atoms with Gasteiger partial charge in [0.25, 0.3) is 0 Å². The van der Waals surface area contributed by atoms with Gasteiger partial charge in [0, 0.05) is 21.3 Å². The van der Waals surface area contributed by atoms with Gasteiger partial charge in [-0.1, -0.05) is 0 Å². The number of rotatable bonds is 5. The van der Waals surface area contributed by atoms with Crippen LogP contribution in [-0.4, -0.2) is 25.2 Å². The summed E-state index contributed by atoms with van der Waals surface area (Å²) in [7, 11) is 0. The second-order valence-electron chi connectivity index (χ2n) is 3.49. The Kier molecular flexibility index (Phi) is 5.61. The van der Waals surface area contributed by atoms with Gasteiger partial charge in [0.05, 0.1) is 6.54 Å². The minimum atomic E-state index is -4.35. The highest BCUT2D eigenvalue weighted by atomic mass is 79.9. The maximum absolute atomic E-state index is 12.2. The molecule has 18 heavy (non-hydrogen) atoms. The number of likely N-dealkylation sites (N-methyl/N-ethyl adjacent to an activating group) is 1. The SMILES string of the molecule is CCNC(=O)C(NCC(F)(F)F)c1cc(Br)cs1. The molecule has 2 N–H and O–H groups in total. The van der Waals surface area contributed by atoms with E-state index < -0.39 is 24.7 Å². The lowest BCUT2D eigenvalue weighted by atomic mass is 10.2. The summed E-state index contributed by atoms with van der Waals surface area (Å²) in [6.07, 6.45) is -4.35. The zero-order valence-corrected chi connectivity index (χ0v) is 11.9. The lowest BCUT2D eigenvalue weighted by Gasteiger charge is -2.17. The molecule has 0 radical (unpaired) electrons. The Bertz CT molecular complexity index is 408. The van der Waals surface area contributed by atoms with Gasteiger partial charge in [-0.2, -0.15) is 13.2 Å². The fourth-order valence-electron chi connectivity index (χ4n) is 1.30. The third-order valence-electron chi connectivity index (χ3n) is 1.99. The van der Waals surface area contributed by atoms with Gasteiger partial charge in [0.1, 0.15) is 6.04 Å². The van der Waals surface area contributed by atoms with Crippen LogP contribution < -0.4 is 10.6 Å². The van der Waals surface area contributed by atoms with Gasteiger partial charge in [-0.05, 0) is 28.9 Å². The number of nitrogens with one attached hydrogen (secondary N) is 2. The van der Waals surface area contributed by atoms with Crippen LogP contribution >= 0.6 is 27.3 Å². The minimum absolute atomic E-state index is 0.371. The second-order valence-corrected chi connectivity index (χ2v) is 5.35. The van der Waals surface area contributed by atoms with Crippen molar-refractivity contribution in [2.24, 2.45) is 0 Å². The Morgan fingerprint density at radius 2 is 2.22 bits per heavy atom. The quantitative estimate of drug-likeness (QED) is 0.862. The van der Waals surface area contributed by atoms with E-state index in [1.54, 1.807) is 18.4 Å². The molecule has 1 unspecified atom stereocenters. The topological polar surface area (TPSA) is 41.1 Å². The third-order valence-corrected chi connectivity index (χ3v) is 3.75. The molecule has 0 aliphatic rings. The molecule has 0 fully saturated rings. The van der Waals surface area contributed by atoms with Gasteiger partial charge in [-0.25, -0.2) is 0 Å². The Balaban J connectivity index is 2.78. The van der Waals surface area contributed by atoms with Crippen LogP contribution in [0.4, 0.5) is 13.2 Å². The van der Waals surface area contributed by atoms with Crippen LogP contribution in [-0.2, 0) is 4.79 Å². The first-order chi connectivity index (χ1) is 8.33. The summed E-state index contributed by atoms with van der Waals surface area (Å²) in [5.74, 6) is -0.462. The molecule has 0 spiro atoms. The fraction of sp³-hybridized carbons (Fsp3) is 0.500. The van der Waals surface area contributed by atoms with E-state index in [0.717, 1.165) is 4.47 Å². The molecule has 0 saturated heterocycles.